The van der Waals surface area contributed by atoms with Crippen molar-refractivity contribution in [1.82, 2.24) is 15.0 Å². The standard InChI is InChI=1S/C25H28ClN3O4/c1-13(2)12-32-16-6-4-14(5-7-16)21-19(26)10-20-22(28-21)29-24(27-20)33-17-8-15-11-25(15,3)18(9-17)23(30)31/h4,6,8-10,13,15,23,30-31H,5,7,11-12H2,1-3H3,(H,27,28,29). The van der Waals surface area contributed by atoms with Crippen molar-refractivity contribution >= 4 is 28.3 Å². The highest BCUT2D eigenvalue weighted by molar-refractivity contribution is 6.32. The summed E-state index contributed by atoms with van der Waals surface area (Å²) in [5.41, 5.74) is 3.30. The summed E-state index contributed by atoms with van der Waals surface area (Å²) in [6, 6.07) is 2.09. The van der Waals surface area contributed by atoms with Gasteiger partial charge < -0.3 is 24.7 Å². The molecule has 8 heteroatoms. The second kappa shape index (κ2) is 8.31. The Balaban J connectivity index is 1.37. The van der Waals surface area contributed by atoms with Crippen LogP contribution in [0.5, 0.6) is 6.01 Å². The van der Waals surface area contributed by atoms with Crippen LogP contribution in [0.25, 0.3) is 16.7 Å². The number of allylic oxidation sites excluding steroid dienone is 6. The van der Waals surface area contributed by atoms with E-state index in [1.54, 1.807) is 12.1 Å². The number of aliphatic hydroxyl groups excluding tert-OH is 1. The normalized spacial score (nSPS) is 24.3. The third-order valence-electron chi connectivity index (χ3n) is 6.54. The molecule has 3 aliphatic rings. The lowest BCUT2D eigenvalue weighted by Gasteiger charge is -2.21. The minimum atomic E-state index is -1.50. The highest BCUT2D eigenvalue weighted by atomic mass is 35.5. The van der Waals surface area contributed by atoms with Crippen molar-refractivity contribution in [2.75, 3.05) is 6.61 Å². The molecule has 2 aromatic heterocycles. The zero-order chi connectivity index (χ0) is 23.3. The van der Waals surface area contributed by atoms with E-state index in [9.17, 15) is 10.2 Å². The van der Waals surface area contributed by atoms with Crippen molar-refractivity contribution in [3.05, 3.63) is 58.2 Å². The molecule has 2 aromatic rings. The van der Waals surface area contributed by atoms with Gasteiger partial charge in [0.25, 0.3) is 0 Å². The molecule has 2 atom stereocenters. The Bertz CT molecular complexity index is 1220. The van der Waals surface area contributed by atoms with Crippen molar-refractivity contribution < 1.29 is 19.7 Å². The smallest absolute Gasteiger partial charge is 0.301 e. The number of hydrogen-bond donors (Lipinski definition) is 3. The molecule has 2 heterocycles. The van der Waals surface area contributed by atoms with Gasteiger partial charge in [0, 0.05) is 11.8 Å². The fourth-order valence-corrected chi connectivity index (χ4v) is 4.73. The van der Waals surface area contributed by atoms with Crippen molar-refractivity contribution in [3.63, 3.8) is 0 Å². The first-order valence-corrected chi connectivity index (χ1v) is 11.7. The second-order valence-electron chi connectivity index (χ2n) is 9.63. The molecule has 1 saturated carbocycles. The number of H-pyrrole nitrogens is 1. The van der Waals surface area contributed by atoms with Crippen LogP contribution in [-0.2, 0) is 4.74 Å². The first-order chi connectivity index (χ1) is 15.7. The van der Waals surface area contributed by atoms with E-state index in [-0.39, 0.29) is 17.3 Å². The monoisotopic (exact) mass is 469 g/mol. The molecule has 0 aromatic carbocycles. The number of halogens is 1. The zero-order valence-corrected chi connectivity index (χ0v) is 19.7. The fraction of sp³-hybridized carbons (Fsp3) is 0.440. The summed E-state index contributed by atoms with van der Waals surface area (Å²) in [5, 5.41) is 20.0. The minimum absolute atomic E-state index is 0.194. The number of hydrogen-bond acceptors (Lipinski definition) is 6. The zero-order valence-electron chi connectivity index (χ0n) is 18.9. The van der Waals surface area contributed by atoms with Gasteiger partial charge in [-0.1, -0.05) is 38.4 Å². The molecule has 5 rings (SSSR count). The Hall–Kier alpha value is -2.61. The van der Waals surface area contributed by atoms with E-state index in [2.05, 4.69) is 28.8 Å². The highest BCUT2D eigenvalue weighted by Gasteiger charge is 2.55. The van der Waals surface area contributed by atoms with Gasteiger partial charge >= 0.3 is 6.01 Å². The molecule has 3 aliphatic carbocycles. The van der Waals surface area contributed by atoms with Crippen molar-refractivity contribution in [2.45, 2.75) is 46.3 Å². The van der Waals surface area contributed by atoms with Crippen LogP contribution in [0, 0.1) is 17.3 Å². The van der Waals surface area contributed by atoms with Gasteiger partial charge in [0.2, 0.25) is 0 Å². The van der Waals surface area contributed by atoms with Gasteiger partial charge in [-0.25, -0.2) is 4.98 Å². The fourth-order valence-electron chi connectivity index (χ4n) is 4.46. The van der Waals surface area contributed by atoms with E-state index in [1.165, 1.54) is 0 Å². The maximum absolute atomic E-state index is 9.73. The Kier molecular flexibility index (Phi) is 5.59. The molecule has 0 amide bonds. The van der Waals surface area contributed by atoms with Gasteiger partial charge in [0.05, 0.1) is 28.6 Å². The van der Waals surface area contributed by atoms with Gasteiger partial charge in [-0.15, -0.1) is 0 Å². The van der Waals surface area contributed by atoms with E-state index < -0.39 is 6.29 Å². The number of fused-ring (bicyclic) bond motifs is 2. The summed E-state index contributed by atoms with van der Waals surface area (Å²) in [5.74, 6) is 2.24. The van der Waals surface area contributed by atoms with E-state index in [1.807, 2.05) is 25.2 Å². The van der Waals surface area contributed by atoms with Crippen LogP contribution in [0.15, 0.2) is 47.5 Å². The lowest BCUT2D eigenvalue weighted by molar-refractivity contribution is -0.0173. The number of pyridine rings is 1. The average Bonchev–Trinajstić information content (AvgIpc) is 3.29. The summed E-state index contributed by atoms with van der Waals surface area (Å²) in [6.07, 6.45) is 8.66. The first-order valence-electron chi connectivity index (χ1n) is 11.3. The lowest BCUT2D eigenvalue weighted by Crippen LogP contribution is -2.20. The first kappa shape index (κ1) is 22.2. The quantitative estimate of drug-likeness (QED) is 0.499. The SMILES string of the molecule is CC(C)COC1=CC=C(c2nc3nc(OC4=CC5CC5(C)C(C(O)O)=C4)[nH]c3cc2Cl)CC1. The summed E-state index contributed by atoms with van der Waals surface area (Å²) in [4.78, 5) is 12.3. The number of nitrogens with zero attached hydrogens (tertiary/aromatic N) is 2. The number of nitrogens with one attached hydrogen (secondary N) is 1. The van der Waals surface area contributed by atoms with Gasteiger partial charge in [-0.2, -0.15) is 4.98 Å². The van der Waals surface area contributed by atoms with Crippen molar-refractivity contribution in [2.24, 2.45) is 17.3 Å². The molecule has 0 aliphatic heterocycles. The van der Waals surface area contributed by atoms with Gasteiger partial charge in [0.15, 0.2) is 11.9 Å². The lowest BCUT2D eigenvalue weighted by atomic mass is 9.90. The molecule has 0 radical (unpaired) electrons. The summed E-state index contributed by atoms with van der Waals surface area (Å²) in [7, 11) is 0. The third kappa shape index (κ3) is 4.33. The van der Waals surface area contributed by atoms with E-state index in [4.69, 9.17) is 21.1 Å². The molecular weight excluding hydrogens is 442 g/mol. The number of aromatic amines is 1. The predicted octanol–water partition coefficient (Wildman–Crippen LogP) is 4.88. The number of rotatable bonds is 7. The van der Waals surface area contributed by atoms with Crippen LogP contribution in [0.1, 0.15) is 45.7 Å². The Morgan fingerprint density at radius 2 is 2.06 bits per heavy atom. The van der Waals surface area contributed by atoms with Crippen LogP contribution in [-0.4, -0.2) is 38.1 Å². The third-order valence-corrected chi connectivity index (χ3v) is 6.83. The van der Waals surface area contributed by atoms with Crippen LogP contribution < -0.4 is 4.74 Å². The number of ether oxygens (including phenoxy) is 2. The average molecular weight is 470 g/mol. The van der Waals surface area contributed by atoms with E-state index >= 15 is 0 Å². The Morgan fingerprint density at radius 1 is 1.24 bits per heavy atom. The van der Waals surface area contributed by atoms with Crippen molar-refractivity contribution in [1.29, 1.82) is 0 Å². The van der Waals surface area contributed by atoms with Gasteiger partial charge in [-0.3, -0.25) is 0 Å². The molecular formula is C25H28ClN3O4. The molecule has 3 N–H and O–H groups in total. The highest BCUT2D eigenvalue weighted by Crippen LogP contribution is 2.61. The van der Waals surface area contributed by atoms with E-state index in [0.717, 1.165) is 30.6 Å². The second-order valence-corrected chi connectivity index (χ2v) is 10.0. The largest absolute Gasteiger partial charge is 0.498 e. The number of aromatic nitrogens is 3. The molecule has 0 bridgehead atoms. The Morgan fingerprint density at radius 3 is 2.76 bits per heavy atom. The van der Waals surface area contributed by atoms with Crippen molar-refractivity contribution in [3.8, 4) is 6.01 Å². The van der Waals surface area contributed by atoms with Gasteiger partial charge in [-0.05, 0) is 60.1 Å². The molecule has 174 valence electrons. The van der Waals surface area contributed by atoms with E-state index in [0.29, 0.717) is 45.7 Å². The topological polar surface area (TPSA) is 100 Å². The molecule has 2 unspecified atom stereocenters. The predicted molar refractivity (Wildman–Crippen MR) is 126 cm³/mol. The Labute approximate surface area is 197 Å². The summed E-state index contributed by atoms with van der Waals surface area (Å²) < 4.78 is 11.8. The molecule has 0 spiro atoms. The van der Waals surface area contributed by atoms with Gasteiger partial charge in [0.1, 0.15) is 5.76 Å². The summed E-state index contributed by atoms with van der Waals surface area (Å²) >= 11 is 6.55. The molecule has 1 fully saturated rings. The minimum Gasteiger partial charge on any atom is -0.498 e. The van der Waals surface area contributed by atoms with Crippen LogP contribution in [0.2, 0.25) is 5.02 Å². The molecule has 0 saturated heterocycles. The van der Waals surface area contributed by atoms with Crippen LogP contribution in [0.4, 0.5) is 0 Å². The molecule has 33 heavy (non-hydrogen) atoms. The number of imidazole rings is 1. The maximum Gasteiger partial charge on any atom is 0.301 e. The van der Waals surface area contributed by atoms with Crippen LogP contribution >= 0.6 is 11.6 Å². The van der Waals surface area contributed by atoms with Crippen LogP contribution in [0.3, 0.4) is 0 Å². The maximum atomic E-state index is 9.73. The summed E-state index contributed by atoms with van der Waals surface area (Å²) in [6.45, 7) is 6.99. The molecule has 7 nitrogen and oxygen atoms in total. The number of aliphatic hydroxyl groups is 2.